The van der Waals surface area contributed by atoms with Gasteiger partial charge in [-0.3, -0.25) is 0 Å². The van der Waals surface area contributed by atoms with Crippen molar-refractivity contribution in [3.05, 3.63) is 22.0 Å². The molecule has 0 aromatic heterocycles. The van der Waals surface area contributed by atoms with E-state index in [9.17, 15) is 0 Å². The predicted molar refractivity (Wildman–Crippen MR) is 47.0 cm³/mol. The average Bonchev–Trinajstić information content (AvgIpc) is 1.90. The molecule has 1 nitrogen and oxygen atoms in total. The lowest BCUT2D eigenvalue weighted by Gasteiger charge is -2.15. The molecular weight excluding hydrogens is 200 g/mol. The molecule has 0 saturated carbocycles. The van der Waals surface area contributed by atoms with Gasteiger partial charge in [0.2, 0.25) is 0 Å². The van der Waals surface area contributed by atoms with Crippen LogP contribution >= 0.6 is 27.1 Å². The third-order valence-corrected chi connectivity index (χ3v) is 3.18. The highest BCUT2D eigenvalue weighted by molar-refractivity contribution is 9.11. The van der Waals surface area contributed by atoms with Crippen LogP contribution in [0.15, 0.2) is 22.0 Å². The second-order valence-electron chi connectivity index (χ2n) is 1.69. The third-order valence-electron chi connectivity index (χ3n) is 1.10. The van der Waals surface area contributed by atoms with E-state index >= 15 is 0 Å². The lowest BCUT2D eigenvalue weighted by molar-refractivity contribution is 0.484. The Balaban J connectivity index is 2.48. The van der Waals surface area contributed by atoms with Crippen LogP contribution in [0.3, 0.4) is 0 Å². The minimum atomic E-state index is -0.283. The summed E-state index contributed by atoms with van der Waals surface area (Å²) in [6, 6.07) is 0. The fourth-order valence-corrected chi connectivity index (χ4v) is 2.44. The maximum absolute atomic E-state index is 5.15. The first-order valence-corrected chi connectivity index (χ1v) is 4.98. The molecule has 1 unspecified atom stereocenters. The van der Waals surface area contributed by atoms with E-state index in [0.717, 1.165) is 5.75 Å². The lowest BCUT2D eigenvalue weighted by Crippen LogP contribution is -1.88. The molecule has 1 atom stereocenters. The summed E-state index contributed by atoms with van der Waals surface area (Å²) in [6.45, 7) is 0. The van der Waals surface area contributed by atoms with Gasteiger partial charge in [-0.15, -0.1) is 11.2 Å². The smallest absolute Gasteiger partial charge is 0.0483 e. The summed E-state index contributed by atoms with van der Waals surface area (Å²) in [5, 5.41) is 2.11. The quantitative estimate of drug-likeness (QED) is 0.652. The summed E-state index contributed by atoms with van der Waals surface area (Å²) in [5.41, 5.74) is 0. The van der Waals surface area contributed by atoms with E-state index in [0.29, 0.717) is 0 Å². The molecule has 0 amide bonds. The lowest BCUT2D eigenvalue weighted by atomic mass is 10.5. The molecule has 0 N–H and O–H groups in total. The van der Waals surface area contributed by atoms with E-state index in [4.69, 9.17) is 4.18 Å². The van der Waals surface area contributed by atoms with Gasteiger partial charge in [-0.25, -0.2) is 0 Å². The van der Waals surface area contributed by atoms with Crippen molar-refractivity contribution < 1.29 is 4.18 Å². The van der Waals surface area contributed by atoms with Crippen molar-refractivity contribution in [2.45, 2.75) is 0 Å². The Morgan fingerprint density at radius 1 is 1.78 bits per heavy atom. The van der Waals surface area contributed by atoms with Crippen molar-refractivity contribution in [3.8, 4) is 0 Å². The summed E-state index contributed by atoms with van der Waals surface area (Å²) < 4.78 is 6.32. The largest absolute Gasteiger partial charge is 0.339 e. The van der Waals surface area contributed by atoms with Gasteiger partial charge in [-0.2, -0.15) is 0 Å². The Hall–Kier alpha value is 0.270. The molecule has 9 heavy (non-hydrogen) atoms. The fraction of sp³-hybridized carbons (Fsp3) is 0.333. The van der Waals surface area contributed by atoms with Crippen LogP contribution in [0.1, 0.15) is 0 Å². The standard InChI is InChI=1S/C6H9BrOS/c1-8-9-4-2-6(7)3-5-9/h2-4,9H,5H2,1H3. The van der Waals surface area contributed by atoms with Gasteiger partial charge in [0.1, 0.15) is 0 Å². The number of hydrogen-bond acceptors (Lipinski definition) is 1. The van der Waals surface area contributed by atoms with Crippen LogP contribution in [0.2, 0.25) is 0 Å². The maximum Gasteiger partial charge on any atom is 0.0483 e. The number of rotatable bonds is 1. The normalized spacial score (nSPS) is 30.0. The molecule has 0 aromatic carbocycles. The topological polar surface area (TPSA) is 9.23 Å². The van der Waals surface area contributed by atoms with Crippen LogP contribution in [0.4, 0.5) is 0 Å². The van der Waals surface area contributed by atoms with Crippen LogP contribution in [0.25, 0.3) is 0 Å². The predicted octanol–water partition coefficient (Wildman–Crippen LogP) is 2.36. The van der Waals surface area contributed by atoms with Crippen LogP contribution < -0.4 is 0 Å². The highest BCUT2D eigenvalue weighted by Crippen LogP contribution is 2.32. The van der Waals surface area contributed by atoms with Crippen LogP contribution in [-0.2, 0) is 4.18 Å². The van der Waals surface area contributed by atoms with E-state index in [2.05, 4.69) is 27.4 Å². The summed E-state index contributed by atoms with van der Waals surface area (Å²) in [4.78, 5) is 0. The zero-order valence-corrected chi connectivity index (χ0v) is 7.65. The van der Waals surface area contributed by atoms with Gasteiger partial charge in [0, 0.05) is 17.3 Å². The average molecular weight is 209 g/mol. The number of allylic oxidation sites excluding steroid dienone is 2. The van der Waals surface area contributed by atoms with Crippen molar-refractivity contribution in [3.63, 3.8) is 0 Å². The number of hydrogen-bond donors (Lipinski definition) is 1. The van der Waals surface area contributed by atoms with E-state index in [-0.39, 0.29) is 11.2 Å². The zero-order valence-electron chi connectivity index (χ0n) is 5.17. The van der Waals surface area contributed by atoms with E-state index in [1.807, 2.05) is 6.08 Å². The maximum atomic E-state index is 5.15. The van der Waals surface area contributed by atoms with Gasteiger partial charge in [0.25, 0.3) is 0 Å². The van der Waals surface area contributed by atoms with E-state index in [1.54, 1.807) is 7.11 Å². The van der Waals surface area contributed by atoms with Crippen molar-refractivity contribution in [2.24, 2.45) is 0 Å². The van der Waals surface area contributed by atoms with Crippen molar-refractivity contribution in [2.75, 3.05) is 12.9 Å². The SMILES string of the molecule is CO[SH]1C=CC(Br)=CC1. The minimum Gasteiger partial charge on any atom is -0.339 e. The molecule has 0 bridgehead atoms. The molecule has 1 rings (SSSR count). The Bertz CT molecular complexity index is 153. The van der Waals surface area contributed by atoms with Crippen LogP contribution in [-0.4, -0.2) is 12.9 Å². The molecule has 0 saturated heterocycles. The molecule has 3 heteroatoms. The van der Waals surface area contributed by atoms with Gasteiger partial charge < -0.3 is 4.18 Å². The molecule has 52 valence electrons. The first kappa shape index (κ1) is 7.38. The Labute approximate surface area is 66.5 Å². The molecule has 0 aliphatic carbocycles. The Kier molecular flexibility index (Phi) is 2.82. The van der Waals surface area contributed by atoms with Gasteiger partial charge in [-0.05, 0) is 11.5 Å². The molecule has 0 spiro atoms. The van der Waals surface area contributed by atoms with E-state index in [1.165, 1.54) is 4.48 Å². The molecule has 0 radical (unpaired) electrons. The monoisotopic (exact) mass is 208 g/mol. The second-order valence-corrected chi connectivity index (χ2v) is 4.47. The van der Waals surface area contributed by atoms with Gasteiger partial charge in [-0.1, -0.05) is 22.0 Å². The summed E-state index contributed by atoms with van der Waals surface area (Å²) in [6.07, 6.45) is 4.17. The van der Waals surface area contributed by atoms with Gasteiger partial charge >= 0.3 is 0 Å². The first-order chi connectivity index (χ1) is 4.33. The number of thiol groups is 1. The van der Waals surface area contributed by atoms with Gasteiger partial charge in [0.15, 0.2) is 0 Å². The molecule has 0 aromatic rings. The van der Waals surface area contributed by atoms with Crippen molar-refractivity contribution in [1.29, 1.82) is 0 Å². The highest BCUT2D eigenvalue weighted by Gasteiger charge is 1.99. The molecule has 1 aliphatic heterocycles. The Morgan fingerprint density at radius 3 is 3.00 bits per heavy atom. The molecule has 1 heterocycles. The molecular formula is C6H9BrOS. The third kappa shape index (κ3) is 2.16. The summed E-state index contributed by atoms with van der Waals surface area (Å²) in [5.74, 6) is 1.04. The zero-order chi connectivity index (χ0) is 6.69. The van der Waals surface area contributed by atoms with Crippen molar-refractivity contribution >= 4 is 27.1 Å². The highest BCUT2D eigenvalue weighted by atomic mass is 79.9. The molecule has 0 fully saturated rings. The first-order valence-electron chi connectivity index (χ1n) is 2.67. The second kappa shape index (κ2) is 3.44. The molecule has 1 aliphatic rings. The fourth-order valence-electron chi connectivity index (χ4n) is 0.596. The van der Waals surface area contributed by atoms with Crippen LogP contribution in [0, 0.1) is 0 Å². The van der Waals surface area contributed by atoms with Crippen LogP contribution in [0.5, 0.6) is 0 Å². The summed E-state index contributed by atoms with van der Waals surface area (Å²) in [7, 11) is 1.75. The van der Waals surface area contributed by atoms with E-state index < -0.39 is 0 Å². The number of halogens is 1. The Morgan fingerprint density at radius 2 is 2.56 bits per heavy atom. The summed E-state index contributed by atoms with van der Waals surface area (Å²) >= 11 is 3.09. The minimum absolute atomic E-state index is 0.283. The van der Waals surface area contributed by atoms with Gasteiger partial charge in [0.05, 0.1) is 0 Å². The van der Waals surface area contributed by atoms with Crippen molar-refractivity contribution in [1.82, 2.24) is 0 Å².